The fraction of sp³-hybridized carbons (Fsp3) is 0. The maximum Gasteiger partial charge on any atom is 0.167 e. The lowest BCUT2D eigenvalue weighted by atomic mass is 10.1. The largest absolute Gasteiger partial charge is 0.356 e. The molecule has 3 rings (SSSR count). The molecule has 0 radical (unpaired) electrons. The van der Waals surface area contributed by atoms with Crippen molar-refractivity contribution in [2.45, 2.75) is 0 Å². The van der Waals surface area contributed by atoms with Gasteiger partial charge in [-0.05, 0) is 24.3 Å². The molecular weight excluding hydrogens is 262 g/mol. The molecule has 0 aliphatic heterocycles. The Balaban J connectivity index is 2.00. The molecule has 0 amide bonds. The van der Waals surface area contributed by atoms with Crippen molar-refractivity contribution in [2.75, 3.05) is 0 Å². The van der Waals surface area contributed by atoms with Gasteiger partial charge in [0.15, 0.2) is 5.76 Å². The van der Waals surface area contributed by atoms with Crippen LogP contribution in [-0.2, 0) is 0 Å². The molecule has 4 nitrogen and oxygen atoms in total. The topological polar surface area (TPSA) is 73.6 Å². The number of hydrogen-bond acceptors (Lipinski definition) is 4. The van der Waals surface area contributed by atoms with Crippen LogP contribution >= 0.6 is 0 Å². The van der Waals surface area contributed by atoms with E-state index in [0.717, 1.165) is 11.1 Å². The van der Waals surface area contributed by atoms with Crippen LogP contribution in [0.3, 0.4) is 0 Å². The van der Waals surface area contributed by atoms with E-state index in [2.05, 4.69) is 17.3 Å². The summed E-state index contributed by atoms with van der Waals surface area (Å²) in [6, 6.07) is 20.3. The van der Waals surface area contributed by atoms with E-state index in [0.29, 0.717) is 22.6 Å². The Bertz CT molecular complexity index is 809. The Morgan fingerprint density at radius 2 is 1.43 bits per heavy atom. The van der Waals surface area contributed by atoms with Gasteiger partial charge in [-0.15, -0.1) is 0 Å². The molecule has 3 aromatic rings. The molecule has 1 heterocycles. The number of hydrogen-bond donors (Lipinski definition) is 0. The summed E-state index contributed by atoms with van der Waals surface area (Å²) in [4.78, 5) is 0. The van der Waals surface area contributed by atoms with Gasteiger partial charge in [0.2, 0.25) is 0 Å². The zero-order valence-electron chi connectivity index (χ0n) is 10.9. The number of aromatic nitrogens is 1. The molecule has 0 bridgehead atoms. The Morgan fingerprint density at radius 1 is 0.810 bits per heavy atom. The van der Waals surface area contributed by atoms with E-state index >= 15 is 0 Å². The molecule has 0 saturated heterocycles. The van der Waals surface area contributed by atoms with Gasteiger partial charge in [0.25, 0.3) is 0 Å². The Hall–Kier alpha value is -3.37. The smallest absolute Gasteiger partial charge is 0.167 e. The minimum Gasteiger partial charge on any atom is -0.356 e. The lowest BCUT2D eigenvalue weighted by molar-refractivity contribution is 0.435. The van der Waals surface area contributed by atoms with Crippen molar-refractivity contribution in [1.29, 1.82) is 10.5 Å². The first-order valence-corrected chi connectivity index (χ1v) is 6.28. The van der Waals surface area contributed by atoms with Crippen LogP contribution < -0.4 is 0 Å². The highest BCUT2D eigenvalue weighted by molar-refractivity contribution is 5.68. The van der Waals surface area contributed by atoms with Gasteiger partial charge in [-0.2, -0.15) is 10.5 Å². The quantitative estimate of drug-likeness (QED) is 0.711. The molecule has 98 valence electrons. The van der Waals surface area contributed by atoms with Crippen LogP contribution in [0, 0.1) is 22.7 Å². The predicted octanol–water partition coefficient (Wildman–Crippen LogP) is 3.75. The van der Waals surface area contributed by atoms with Gasteiger partial charge >= 0.3 is 0 Å². The van der Waals surface area contributed by atoms with Gasteiger partial charge in [-0.25, -0.2) is 0 Å². The van der Waals surface area contributed by atoms with Gasteiger partial charge in [0.05, 0.1) is 23.3 Å². The van der Waals surface area contributed by atoms with Crippen LogP contribution in [0.25, 0.3) is 22.6 Å². The predicted molar refractivity (Wildman–Crippen MR) is 76.8 cm³/mol. The molecule has 21 heavy (non-hydrogen) atoms. The summed E-state index contributed by atoms with van der Waals surface area (Å²) in [5.74, 6) is 0.587. The molecule has 0 aliphatic carbocycles. The van der Waals surface area contributed by atoms with Crippen LogP contribution in [0.2, 0.25) is 0 Å². The third kappa shape index (κ3) is 2.51. The van der Waals surface area contributed by atoms with Crippen LogP contribution in [-0.4, -0.2) is 5.16 Å². The summed E-state index contributed by atoms with van der Waals surface area (Å²) in [5, 5.41) is 21.9. The number of nitriles is 2. The standard InChI is InChI=1S/C17H9N3O/c18-10-12-3-1-5-14(7-12)16-9-17(21-20-16)15-6-2-4-13(8-15)11-19/h1-9H. The fourth-order valence-corrected chi connectivity index (χ4v) is 2.04. The van der Waals surface area contributed by atoms with Crippen LogP contribution in [0.1, 0.15) is 11.1 Å². The number of nitrogens with zero attached hydrogens (tertiary/aromatic N) is 3. The Labute approximate surface area is 121 Å². The fourth-order valence-electron chi connectivity index (χ4n) is 2.04. The highest BCUT2D eigenvalue weighted by Crippen LogP contribution is 2.26. The van der Waals surface area contributed by atoms with E-state index < -0.39 is 0 Å². The minimum atomic E-state index is 0.567. The van der Waals surface area contributed by atoms with Crippen LogP contribution in [0.15, 0.2) is 59.1 Å². The van der Waals surface area contributed by atoms with Gasteiger partial charge in [0, 0.05) is 17.2 Å². The molecule has 0 fully saturated rings. The lowest BCUT2D eigenvalue weighted by Crippen LogP contribution is -1.79. The normalized spacial score (nSPS) is 9.81. The van der Waals surface area contributed by atoms with E-state index in [1.807, 2.05) is 12.1 Å². The van der Waals surface area contributed by atoms with Crippen molar-refractivity contribution < 1.29 is 4.52 Å². The summed E-state index contributed by atoms with van der Waals surface area (Å²) in [6.07, 6.45) is 0. The van der Waals surface area contributed by atoms with Crippen molar-refractivity contribution in [3.8, 4) is 34.7 Å². The number of benzene rings is 2. The molecule has 0 N–H and O–H groups in total. The lowest BCUT2D eigenvalue weighted by Gasteiger charge is -1.95. The molecule has 2 aromatic carbocycles. The van der Waals surface area contributed by atoms with Gasteiger partial charge < -0.3 is 4.52 Å². The molecule has 0 saturated carbocycles. The summed E-state index contributed by atoms with van der Waals surface area (Å²) in [5.41, 5.74) is 3.41. The van der Waals surface area contributed by atoms with E-state index in [-0.39, 0.29) is 0 Å². The molecule has 0 unspecified atom stereocenters. The van der Waals surface area contributed by atoms with Crippen LogP contribution in [0.4, 0.5) is 0 Å². The minimum absolute atomic E-state index is 0.567. The van der Waals surface area contributed by atoms with Gasteiger partial charge in [0.1, 0.15) is 5.69 Å². The maximum atomic E-state index is 8.93. The van der Waals surface area contributed by atoms with E-state index in [1.165, 1.54) is 0 Å². The first-order chi connectivity index (χ1) is 10.3. The summed E-state index contributed by atoms with van der Waals surface area (Å²) in [6.45, 7) is 0. The first kappa shape index (κ1) is 12.7. The molecule has 4 heteroatoms. The second-order valence-electron chi connectivity index (χ2n) is 4.46. The van der Waals surface area contributed by atoms with Gasteiger partial charge in [-0.1, -0.05) is 29.4 Å². The van der Waals surface area contributed by atoms with Gasteiger partial charge in [-0.3, -0.25) is 0 Å². The van der Waals surface area contributed by atoms with Crippen molar-refractivity contribution in [1.82, 2.24) is 5.16 Å². The Kier molecular flexibility index (Phi) is 3.21. The third-order valence-corrected chi connectivity index (χ3v) is 3.07. The van der Waals surface area contributed by atoms with E-state index in [9.17, 15) is 0 Å². The van der Waals surface area contributed by atoms with Crippen molar-refractivity contribution in [3.05, 3.63) is 65.7 Å². The highest BCUT2D eigenvalue weighted by atomic mass is 16.5. The molecule has 0 spiro atoms. The number of rotatable bonds is 2. The monoisotopic (exact) mass is 271 g/mol. The summed E-state index contributed by atoms with van der Waals surface area (Å²) in [7, 11) is 0. The summed E-state index contributed by atoms with van der Waals surface area (Å²) >= 11 is 0. The van der Waals surface area contributed by atoms with E-state index in [4.69, 9.17) is 15.0 Å². The summed E-state index contributed by atoms with van der Waals surface area (Å²) < 4.78 is 5.34. The highest BCUT2D eigenvalue weighted by Gasteiger charge is 2.09. The molecule has 1 aromatic heterocycles. The zero-order valence-corrected chi connectivity index (χ0v) is 10.9. The average molecular weight is 271 g/mol. The maximum absolute atomic E-state index is 8.93. The third-order valence-electron chi connectivity index (χ3n) is 3.07. The molecular formula is C17H9N3O. The second kappa shape index (κ2) is 5.32. The second-order valence-corrected chi connectivity index (χ2v) is 4.46. The van der Waals surface area contributed by atoms with Crippen molar-refractivity contribution in [2.24, 2.45) is 0 Å². The Morgan fingerprint density at radius 3 is 2.10 bits per heavy atom. The van der Waals surface area contributed by atoms with Crippen LogP contribution in [0.5, 0.6) is 0 Å². The molecule has 0 atom stereocenters. The SMILES string of the molecule is N#Cc1cccc(-c2cc(-c3cccc(C#N)c3)on2)c1. The average Bonchev–Trinajstić information content (AvgIpc) is 3.05. The van der Waals surface area contributed by atoms with E-state index in [1.54, 1.807) is 42.5 Å². The van der Waals surface area contributed by atoms with Crippen molar-refractivity contribution >= 4 is 0 Å². The first-order valence-electron chi connectivity index (χ1n) is 6.28. The molecule has 0 aliphatic rings. The van der Waals surface area contributed by atoms with Crippen molar-refractivity contribution in [3.63, 3.8) is 0 Å². The zero-order chi connectivity index (χ0) is 14.7.